The van der Waals surface area contributed by atoms with Crippen molar-refractivity contribution in [1.82, 2.24) is 25.6 Å². The van der Waals surface area contributed by atoms with Gasteiger partial charge in [-0.3, -0.25) is 14.8 Å². The van der Waals surface area contributed by atoms with Gasteiger partial charge in [-0.25, -0.2) is 0 Å². The smallest absolute Gasteiger partial charge is 0.271 e. The van der Waals surface area contributed by atoms with Crippen LogP contribution in [0.3, 0.4) is 0 Å². The maximum Gasteiger partial charge on any atom is 0.271 e. The highest BCUT2D eigenvalue weighted by Crippen LogP contribution is 2.22. The van der Waals surface area contributed by atoms with Crippen LogP contribution in [0.25, 0.3) is 0 Å². The summed E-state index contributed by atoms with van der Waals surface area (Å²) in [5, 5.41) is 13.9. The molecule has 0 atom stereocenters. The number of hydrogen-bond acceptors (Lipinski definition) is 5. The van der Waals surface area contributed by atoms with Crippen molar-refractivity contribution in [2.45, 2.75) is 39.8 Å². The van der Waals surface area contributed by atoms with Crippen molar-refractivity contribution in [2.24, 2.45) is 5.92 Å². The fourth-order valence-electron chi connectivity index (χ4n) is 2.95. The van der Waals surface area contributed by atoms with Gasteiger partial charge in [-0.05, 0) is 5.92 Å². The number of carbonyl (C=O) groups is 1. The number of carbonyl (C=O) groups excluding carboxylic acids is 1. The molecule has 2 aromatic rings. The zero-order valence-corrected chi connectivity index (χ0v) is 13.8. The molecule has 3 rings (SSSR count). The molecular weight excluding hydrogens is 294 g/mol. The molecule has 0 saturated heterocycles. The van der Waals surface area contributed by atoms with E-state index in [2.05, 4.69) is 39.4 Å². The van der Waals surface area contributed by atoms with Gasteiger partial charge in [-0.1, -0.05) is 19.0 Å². The third kappa shape index (κ3) is 3.44. The molecule has 0 spiro atoms. The molecule has 1 aliphatic heterocycles. The third-order valence-corrected chi connectivity index (χ3v) is 4.06. The topological polar surface area (TPSA) is 87.0 Å². The van der Waals surface area contributed by atoms with Crippen LogP contribution in [0, 0.1) is 5.92 Å². The quantitative estimate of drug-likeness (QED) is 0.873. The molecule has 1 aliphatic rings. The summed E-state index contributed by atoms with van der Waals surface area (Å²) in [5.74, 6) is 1.33. The van der Waals surface area contributed by atoms with Crippen LogP contribution in [0.2, 0.25) is 0 Å². The van der Waals surface area contributed by atoms with E-state index < -0.39 is 0 Å². The Kier molecular flexibility index (Phi) is 4.47. The number of fused-ring (bicyclic) bond motifs is 1. The molecule has 1 amide bonds. The van der Waals surface area contributed by atoms with Gasteiger partial charge in [0.2, 0.25) is 0 Å². The van der Waals surface area contributed by atoms with E-state index in [1.54, 1.807) is 7.05 Å². The molecule has 2 aromatic heterocycles. The molecule has 0 aromatic carbocycles. The summed E-state index contributed by atoms with van der Waals surface area (Å²) >= 11 is 0. The van der Waals surface area contributed by atoms with Crippen LogP contribution in [-0.2, 0) is 25.9 Å². The third-order valence-electron chi connectivity index (χ3n) is 4.06. The van der Waals surface area contributed by atoms with Gasteiger partial charge in [-0.15, -0.1) is 0 Å². The van der Waals surface area contributed by atoms with Crippen LogP contribution < -0.4 is 5.32 Å². The Labute approximate surface area is 135 Å². The maximum atomic E-state index is 11.9. The number of rotatable bonds is 5. The van der Waals surface area contributed by atoms with Crippen molar-refractivity contribution in [3.05, 3.63) is 34.5 Å². The van der Waals surface area contributed by atoms with E-state index in [9.17, 15) is 4.79 Å². The molecule has 0 unspecified atom stereocenters. The van der Waals surface area contributed by atoms with Crippen LogP contribution in [-0.4, -0.2) is 39.8 Å². The summed E-state index contributed by atoms with van der Waals surface area (Å²) in [6.45, 7) is 6.65. The minimum atomic E-state index is -0.148. The Morgan fingerprint density at radius 3 is 3.09 bits per heavy atom. The lowest BCUT2D eigenvalue weighted by Gasteiger charge is -2.25. The Morgan fingerprint density at radius 1 is 1.52 bits per heavy atom. The number of nitrogens with one attached hydrogen (secondary N) is 2. The van der Waals surface area contributed by atoms with Crippen molar-refractivity contribution in [3.63, 3.8) is 0 Å². The molecule has 0 aliphatic carbocycles. The number of nitrogens with zero attached hydrogens (tertiary/aromatic N) is 3. The second-order valence-electron chi connectivity index (χ2n) is 6.45. The summed E-state index contributed by atoms with van der Waals surface area (Å²) in [5.41, 5.74) is 3.48. The van der Waals surface area contributed by atoms with Crippen LogP contribution >= 0.6 is 0 Å². The highest BCUT2D eigenvalue weighted by Gasteiger charge is 2.25. The lowest BCUT2D eigenvalue weighted by molar-refractivity contribution is 0.0955. The summed E-state index contributed by atoms with van der Waals surface area (Å²) in [6.07, 6.45) is 1.76. The molecular formula is C16H23N5O2. The van der Waals surface area contributed by atoms with Gasteiger partial charge in [0.05, 0.1) is 5.69 Å². The zero-order valence-electron chi connectivity index (χ0n) is 13.8. The van der Waals surface area contributed by atoms with E-state index in [-0.39, 0.29) is 5.91 Å². The van der Waals surface area contributed by atoms with Crippen LogP contribution in [0.15, 0.2) is 10.6 Å². The minimum absolute atomic E-state index is 0.148. The first-order valence-electron chi connectivity index (χ1n) is 8.01. The van der Waals surface area contributed by atoms with Crippen molar-refractivity contribution >= 4 is 5.91 Å². The van der Waals surface area contributed by atoms with Crippen molar-refractivity contribution in [1.29, 1.82) is 0 Å². The molecule has 124 valence electrons. The van der Waals surface area contributed by atoms with Gasteiger partial charge in [0.15, 0.2) is 5.69 Å². The van der Waals surface area contributed by atoms with Crippen LogP contribution in [0.1, 0.15) is 47.0 Å². The highest BCUT2D eigenvalue weighted by molar-refractivity contribution is 5.93. The molecule has 0 radical (unpaired) electrons. The van der Waals surface area contributed by atoms with E-state index >= 15 is 0 Å². The predicted octanol–water partition coefficient (Wildman–Crippen LogP) is 1.51. The second-order valence-corrected chi connectivity index (χ2v) is 6.45. The van der Waals surface area contributed by atoms with Crippen molar-refractivity contribution < 1.29 is 9.32 Å². The number of H-pyrrole nitrogens is 1. The fraction of sp³-hybridized carbons (Fsp3) is 0.562. The van der Waals surface area contributed by atoms with Gasteiger partial charge in [-0.2, -0.15) is 5.10 Å². The van der Waals surface area contributed by atoms with Gasteiger partial charge >= 0.3 is 0 Å². The summed E-state index contributed by atoms with van der Waals surface area (Å²) < 4.78 is 5.39. The standard InChI is InChI=1S/C16H23N5O2/c1-10(2)6-12-7-11(20-23-12)8-21-5-4-14-13(9-21)15(19-18-14)16(22)17-3/h7,10H,4-6,8-9H2,1-3H3,(H,17,22)(H,18,19). The van der Waals surface area contributed by atoms with Gasteiger partial charge in [0.25, 0.3) is 5.91 Å². The van der Waals surface area contributed by atoms with E-state index in [1.165, 1.54) is 0 Å². The highest BCUT2D eigenvalue weighted by atomic mass is 16.5. The lowest BCUT2D eigenvalue weighted by Crippen LogP contribution is -2.31. The zero-order chi connectivity index (χ0) is 16.4. The molecule has 0 saturated carbocycles. The van der Waals surface area contributed by atoms with E-state index in [4.69, 9.17) is 4.52 Å². The number of aromatic amines is 1. The molecule has 3 heterocycles. The molecule has 7 nitrogen and oxygen atoms in total. The largest absolute Gasteiger partial charge is 0.361 e. The molecule has 0 bridgehead atoms. The Bertz CT molecular complexity index is 688. The average Bonchev–Trinajstić information content (AvgIpc) is 3.12. The predicted molar refractivity (Wildman–Crippen MR) is 84.8 cm³/mol. The Balaban J connectivity index is 1.68. The monoisotopic (exact) mass is 317 g/mol. The average molecular weight is 317 g/mol. The Hall–Kier alpha value is -2.15. The van der Waals surface area contributed by atoms with Gasteiger partial charge in [0.1, 0.15) is 5.76 Å². The molecule has 2 N–H and O–H groups in total. The van der Waals surface area contributed by atoms with E-state index in [0.717, 1.165) is 48.6 Å². The number of hydrogen-bond donors (Lipinski definition) is 2. The number of aromatic nitrogens is 3. The maximum absolute atomic E-state index is 11.9. The number of amides is 1. The Morgan fingerprint density at radius 2 is 2.35 bits per heavy atom. The summed E-state index contributed by atoms with van der Waals surface area (Å²) in [6, 6.07) is 2.03. The van der Waals surface area contributed by atoms with Crippen LogP contribution in [0.4, 0.5) is 0 Å². The summed E-state index contributed by atoms with van der Waals surface area (Å²) in [7, 11) is 1.62. The molecule has 0 fully saturated rings. The first-order chi connectivity index (χ1) is 11.1. The summed E-state index contributed by atoms with van der Waals surface area (Å²) in [4.78, 5) is 14.1. The fourth-order valence-corrected chi connectivity index (χ4v) is 2.95. The minimum Gasteiger partial charge on any atom is -0.361 e. The van der Waals surface area contributed by atoms with Crippen LogP contribution in [0.5, 0.6) is 0 Å². The van der Waals surface area contributed by atoms with E-state index in [0.29, 0.717) is 18.2 Å². The first kappa shape index (κ1) is 15.7. The van der Waals surface area contributed by atoms with Gasteiger partial charge < -0.3 is 9.84 Å². The molecule has 23 heavy (non-hydrogen) atoms. The van der Waals surface area contributed by atoms with E-state index in [1.807, 2.05) is 6.07 Å². The van der Waals surface area contributed by atoms with Crippen molar-refractivity contribution in [2.75, 3.05) is 13.6 Å². The normalized spacial score (nSPS) is 15.0. The lowest BCUT2D eigenvalue weighted by atomic mass is 10.0. The van der Waals surface area contributed by atoms with Crippen molar-refractivity contribution in [3.8, 4) is 0 Å². The SMILES string of the molecule is CNC(=O)c1n[nH]c2c1CN(Cc1cc(CC(C)C)on1)CC2. The first-order valence-corrected chi connectivity index (χ1v) is 8.01. The second kappa shape index (κ2) is 6.54. The molecule has 7 heteroatoms. The van der Waals surface area contributed by atoms with Gasteiger partial charge in [0, 0.05) is 56.8 Å².